The molecule has 2 nitrogen and oxygen atoms in total. The summed E-state index contributed by atoms with van der Waals surface area (Å²) in [5, 5.41) is 0. The molecule has 2 aromatic heterocycles. The van der Waals surface area contributed by atoms with E-state index in [2.05, 4.69) is 22.1 Å². The van der Waals surface area contributed by atoms with Gasteiger partial charge in [0.05, 0.1) is 0 Å². The summed E-state index contributed by atoms with van der Waals surface area (Å²) in [6, 6.07) is 33.6. The van der Waals surface area contributed by atoms with Gasteiger partial charge in [-0.05, 0) is 12.1 Å². The van der Waals surface area contributed by atoms with Crippen molar-refractivity contribution in [3.05, 3.63) is 109 Å². The molecule has 0 amide bonds. The van der Waals surface area contributed by atoms with Gasteiger partial charge in [0.25, 0.3) is 0 Å². The van der Waals surface area contributed by atoms with E-state index in [4.69, 9.17) is 0 Å². The Kier molecular flexibility index (Phi) is 7.75. The van der Waals surface area contributed by atoms with E-state index < -0.39 is 0 Å². The molecule has 0 bridgehead atoms. The Morgan fingerprint density at radius 2 is 1.12 bits per heavy atom. The zero-order valence-electron chi connectivity index (χ0n) is 13.4. The summed E-state index contributed by atoms with van der Waals surface area (Å²) >= 11 is 0. The van der Waals surface area contributed by atoms with Gasteiger partial charge in [-0.15, -0.1) is 24.3 Å². The molecule has 0 aliphatic carbocycles. The molecule has 2 heterocycles. The maximum absolute atomic E-state index is 4.33. The van der Waals surface area contributed by atoms with Crippen LogP contribution in [0.3, 0.4) is 0 Å². The first-order chi connectivity index (χ1) is 11.9. The molecule has 4 rings (SSSR count). The van der Waals surface area contributed by atoms with Crippen molar-refractivity contribution in [2.75, 3.05) is 0 Å². The Labute approximate surface area is 162 Å². The predicted octanol–water partition coefficient (Wildman–Crippen LogP) is 5.10. The van der Waals surface area contributed by atoms with Gasteiger partial charge < -0.3 is 0 Å². The van der Waals surface area contributed by atoms with Gasteiger partial charge in [0.15, 0.2) is 0 Å². The fourth-order valence-electron chi connectivity index (χ4n) is 2.15. The monoisotopic (exact) mass is 503 g/mol. The molecule has 3 heteroatoms. The second-order valence-electron chi connectivity index (χ2n) is 4.99. The van der Waals surface area contributed by atoms with Crippen LogP contribution < -0.4 is 0 Å². The van der Waals surface area contributed by atoms with Crippen LogP contribution in [0.15, 0.2) is 97.3 Å². The molecule has 2 aromatic carbocycles. The third-order valence-electron chi connectivity index (χ3n) is 3.28. The number of rotatable bonds is 2. The van der Waals surface area contributed by atoms with Crippen molar-refractivity contribution < 1.29 is 21.1 Å². The molecule has 0 spiro atoms. The summed E-state index contributed by atoms with van der Waals surface area (Å²) < 4.78 is 0. The van der Waals surface area contributed by atoms with Crippen molar-refractivity contribution in [3.63, 3.8) is 0 Å². The third kappa shape index (κ3) is 5.77. The number of benzene rings is 2. The minimum atomic E-state index is 0. The Balaban J connectivity index is 0.000000275. The van der Waals surface area contributed by atoms with Crippen LogP contribution in [0.1, 0.15) is 0 Å². The summed E-state index contributed by atoms with van der Waals surface area (Å²) in [5.41, 5.74) is 3.82. The quantitative estimate of drug-likeness (QED) is 0.356. The van der Waals surface area contributed by atoms with E-state index in [9.17, 15) is 0 Å². The summed E-state index contributed by atoms with van der Waals surface area (Å²) in [6.07, 6.45) is 3.58. The fraction of sp³-hybridized carbons (Fsp3) is 0. The first-order valence-corrected chi connectivity index (χ1v) is 7.70. The molecule has 124 valence electrons. The van der Waals surface area contributed by atoms with Gasteiger partial charge in [0.1, 0.15) is 0 Å². The summed E-state index contributed by atoms with van der Waals surface area (Å²) in [6.45, 7) is 0. The van der Waals surface area contributed by atoms with E-state index in [1.54, 1.807) is 12.4 Å². The summed E-state index contributed by atoms with van der Waals surface area (Å²) in [4.78, 5) is 8.66. The van der Waals surface area contributed by atoms with Gasteiger partial charge in [0.2, 0.25) is 0 Å². The summed E-state index contributed by atoms with van der Waals surface area (Å²) in [7, 11) is 0. The molecule has 0 radical (unpaired) electrons. The van der Waals surface area contributed by atoms with E-state index >= 15 is 0 Å². The average Bonchev–Trinajstić information content (AvgIpc) is 2.71. The molecule has 0 fully saturated rings. The van der Waals surface area contributed by atoms with Crippen molar-refractivity contribution >= 4 is 0 Å². The van der Waals surface area contributed by atoms with Crippen LogP contribution in [-0.4, -0.2) is 9.97 Å². The van der Waals surface area contributed by atoms with Crippen molar-refractivity contribution in [3.8, 4) is 22.5 Å². The largest absolute Gasteiger partial charge is 2.00 e. The number of nitrogens with zero attached hydrogens (tertiary/aromatic N) is 2. The zero-order chi connectivity index (χ0) is 16.5. The molecular weight excluding hydrogens is 487 g/mol. The first kappa shape index (κ1) is 18.8. The van der Waals surface area contributed by atoms with Crippen molar-refractivity contribution in [1.82, 2.24) is 9.97 Å². The van der Waals surface area contributed by atoms with Crippen LogP contribution in [0.5, 0.6) is 0 Å². The van der Waals surface area contributed by atoms with E-state index in [1.165, 1.54) is 0 Å². The zero-order valence-corrected chi connectivity index (χ0v) is 15.7. The molecule has 25 heavy (non-hydrogen) atoms. The van der Waals surface area contributed by atoms with Gasteiger partial charge in [-0.1, -0.05) is 35.4 Å². The standard InChI is InChI=1S/C16H11N2.C6H5.Pt/c1-3-10-17-15(8-1)13-6-5-7-14(12-13)16-9-2-4-11-18-16;1-2-4-6-5-3-1;/h1-11H;1-5H;/q2*-1;+2. The molecule has 4 aromatic rings. The van der Waals surface area contributed by atoms with Gasteiger partial charge >= 0.3 is 21.1 Å². The number of hydrogen-bond acceptors (Lipinski definition) is 2. The van der Waals surface area contributed by atoms with E-state index in [0.29, 0.717) is 0 Å². The third-order valence-corrected chi connectivity index (χ3v) is 3.28. The molecule has 0 aliphatic rings. The van der Waals surface area contributed by atoms with Gasteiger partial charge in [-0.3, -0.25) is 9.97 Å². The Morgan fingerprint density at radius 1 is 0.560 bits per heavy atom. The summed E-state index contributed by atoms with van der Waals surface area (Å²) in [5.74, 6) is 0. The molecule has 0 saturated carbocycles. The van der Waals surface area contributed by atoms with Crippen LogP contribution in [0.4, 0.5) is 0 Å². The maximum atomic E-state index is 4.33. The van der Waals surface area contributed by atoms with Gasteiger partial charge in [-0.25, -0.2) is 0 Å². The molecule has 0 N–H and O–H groups in total. The van der Waals surface area contributed by atoms with E-state index in [-0.39, 0.29) is 21.1 Å². The van der Waals surface area contributed by atoms with E-state index in [1.807, 2.05) is 84.9 Å². The Hall–Kier alpha value is -2.57. The van der Waals surface area contributed by atoms with Gasteiger partial charge in [0, 0.05) is 23.8 Å². The molecule has 0 aliphatic heterocycles. The van der Waals surface area contributed by atoms with Crippen LogP contribution in [-0.2, 0) is 21.1 Å². The van der Waals surface area contributed by atoms with Crippen LogP contribution in [0, 0.1) is 12.1 Å². The molecule has 0 unspecified atom stereocenters. The molecule has 0 saturated heterocycles. The number of aromatic nitrogens is 2. The first-order valence-electron chi connectivity index (χ1n) is 7.70. The van der Waals surface area contributed by atoms with Crippen LogP contribution in [0.25, 0.3) is 22.5 Å². The van der Waals surface area contributed by atoms with Gasteiger partial charge in [-0.2, -0.15) is 36.4 Å². The second-order valence-corrected chi connectivity index (χ2v) is 4.99. The normalized spacial score (nSPS) is 9.28. The van der Waals surface area contributed by atoms with Crippen molar-refractivity contribution in [2.24, 2.45) is 0 Å². The number of pyridine rings is 2. The second kappa shape index (κ2) is 10.3. The maximum Gasteiger partial charge on any atom is 2.00 e. The van der Waals surface area contributed by atoms with Crippen LogP contribution in [0.2, 0.25) is 0 Å². The average molecular weight is 503 g/mol. The SMILES string of the molecule is [Pt+2].[c-]1c(-c2ccccn2)cccc1-c1ccccn1.[c-]1ccccc1. The van der Waals surface area contributed by atoms with E-state index in [0.717, 1.165) is 22.5 Å². The molecular formula is C22H16N2Pt. The fourth-order valence-corrected chi connectivity index (χ4v) is 2.15. The minimum absolute atomic E-state index is 0. The van der Waals surface area contributed by atoms with Crippen LogP contribution >= 0.6 is 0 Å². The topological polar surface area (TPSA) is 25.8 Å². The molecule has 0 atom stereocenters. The Morgan fingerprint density at radius 3 is 1.48 bits per heavy atom. The van der Waals surface area contributed by atoms with Crippen molar-refractivity contribution in [2.45, 2.75) is 0 Å². The van der Waals surface area contributed by atoms with Crippen molar-refractivity contribution in [1.29, 1.82) is 0 Å². The number of hydrogen-bond donors (Lipinski definition) is 0. The minimum Gasteiger partial charge on any atom is -0.295 e. The predicted molar refractivity (Wildman–Crippen MR) is 97.0 cm³/mol. The Bertz CT molecular complexity index is 769. The smallest absolute Gasteiger partial charge is 0.295 e.